The predicted molar refractivity (Wildman–Crippen MR) is 109 cm³/mol. The molecule has 1 aromatic carbocycles. The smallest absolute Gasteiger partial charge is 0.247 e. The second-order valence-electron chi connectivity index (χ2n) is 6.63. The zero-order valence-corrected chi connectivity index (χ0v) is 16.2. The largest absolute Gasteiger partial charge is 0.508 e. The molecule has 0 aliphatic rings. The van der Waals surface area contributed by atoms with Crippen molar-refractivity contribution in [2.75, 3.05) is 11.1 Å². The van der Waals surface area contributed by atoms with Crippen molar-refractivity contribution in [1.29, 1.82) is 5.26 Å². The number of phenols is 1. The molecule has 0 aliphatic carbocycles. The maximum Gasteiger partial charge on any atom is 0.247 e. The van der Waals surface area contributed by atoms with Gasteiger partial charge < -0.3 is 20.9 Å². The van der Waals surface area contributed by atoms with Gasteiger partial charge in [-0.3, -0.25) is 0 Å². The van der Waals surface area contributed by atoms with Crippen LogP contribution in [0.5, 0.6) is 17.4 Å². The van der Waals surface area contributed by atoms with Crippen LogP contribution in [-0.2, 0) is 0 Å². The van der Waals surface area contributed by atoms with Crippen LogP contribution in [0.25, 0.3) is 5.52 Å². The Morgan fingerprint density at radius 1 is 1.30 bits per heavy atom. The van der Waals surface area contributed by atoms with E-state index in [1.54, 1.807) is 28.9 Å². The number of hydrogen-bond donors (Lipinski definition) is 3. The number of ether oxygens (including phenoxy) is 1. The molecule has 4 aromatic rings. The third kappa shape index (κ3) is 3.51. The van der Waals surface area contributed by atoms with Crippen molar-refractivity contribution in [3.8, 4) is 23.4 Å². The molecule has 30 heavy (non-hydrogen) atoms. The summed E-state index contributed by atoms with van der Waals surface area (Å²) in [6.45, 7) is 3.76. The third-order valence-electron chi connectivity index (χ3n) is 4.46. The molecule has 0 bridgehead atoms. The van der Waals surface area contributed by atoms with Crippen LogP contribution in [0.3, 0.4) is 0 Å². The van der Waals surface area contributed by atoms with Gasteiger partial charge in [-0.1, -0.05) is 6.07 Å². The van der Waals surface area contributed by atoms with Crippen LogP contribution in [0.4, 0.5) is 11.6 Å². The van der Waals surface area contributed by atoms with Gasteiger partial charge in [-0.2, -0.15) is 15.3 Å². The fourth-order valence-electron chi connectivity index (χ4n) is 2.96. The Morgan fingerprint density at radius 2 is 2.13 bits per heavy atom. The lowest BCUT2D eigenvalue weighted by molar-refractivity contribution is 0.442. The number of rotatable bonds is 5. The van der Waals surface area contributed by atoms with Gasteiger partial charge in [0.1, 0.15) is 46.6 Å². The number of nitrogen functional groups attached to an aromatic ring is 1. The molecule has 0 spiro atoms. The van der Waals surface area contributed by atoms with Gasteiger partial charge in [0, 0.05) is 12.3 Å². The molecule has 3 heterocycles. The SMILES string of the molecule is Cc1ccn2nc([C@H](C)Nc3ncnc(N)c3C#N)nc(Oc3cccc(O)c3)c12. The number of nitrogens with two attached hydrogens (primary N) is 1. The van der Waals surface area contributed by atoms with Gasteiger partial charge in [0.15, 0.2) is 5.82 Å². The number of nitrogens with one attached hydrogen (secondary N) is 1. The minimum atomic E-state index is -0.426. The minimum absolute atomic E-state index is 0.0883. The molecule has 0 saturated carbocycles. The second kappa shape index (κ2) is 7.56. The maximum atomic E-state index is 9.72. The Hall–Kier alpha value is -4.39. The van der Waals surface area contributed by atoms with Crippen molar-refractivity contribution in [3.63, 3.8) is 0 Å². The highest BCUT2D eigenvalue weighted by atomic mass is 16.5. The highest BCUT2D eigenvalue weighted by Gasteiger charge is 2.19. The molecule has 3 aromatic heterocycles. The van der Waals surface area contributed by atoms with E-state index in [4.69, 9.17) is 10.5 Å². The van der Waals surface area contributed by atoms with Crippen molar-refractivity contribution in [1.82, 2.24) is 24.6 Å². The summed E-state index contributed by atoms with van der Waals surface area (Å²) in [5.74, 6) is 1.66. The molecular formula is C20H18N8O2. The molecule has 0 unspecified atom stereocenters. The molecule has 150 valence electrons. The Labute approximate surface area is 171 Å². The van der Waals surface area contributed by atoms with Crippen molar-refractivity contribution in [2.24, 2.45) is 0 Å². The summed E-state index contributed by atoms with van der Waals surface area (Å²) in [6, 6.07) is 9.94. The molecule has 1 atom stereocenters. The molecular weight excluding hydrogens is 384 g/mol. The fourth-order valence-corrected chi connectivity index (χ4v) is 2.96. The summed E-state index contributed by atoms with van der Waals surface area (Å²) in [5.41, 5.74) is 7.55. The zero-order chi connectivity index (χ0) is 21.3. The van der Waals surface area contributed by atoms with E-state index in [1.807, 2.05) is 26.0 Å². The zero-order valence-electron chi connectivity index (χ0n) is 16.2. The molecule has 4 rings (SSSR count). The number of nitriles is 1. The van der Waals surface area contributed by atoms with Crippen LogP contribution in [0.1, 0.15) is 29.9 Å². The number of aromatic nitrogens is 5. The topological polar surface area (TPSA) is 147 Å². The Morgan fingerprint density at radius 3 is 2.90 bits per heavy atom. The standard InChI is InChI=1S/C20H18N8O2/c1-11-6-7-28-16(11)20(30-14-5-3-4-13(29)8-14)26-18(27-28)12(2)25-19-15(9-21)17(22)23-10-24-19/h3-8,10,12,29H,1-2H3,(H3,22,23,24,25)/t12-/m0/s1. The summed E-state index contributed by atoms with van der Waals surface area (Å²) in [5, 5.41) is 26.7. The highest BCUT2D eigenvalue weighted by Crippen LogP contribution is 2.30. The summed E-state index contributed by atoms with van der Waals surface area (Å²) in [7, 11) is 0. The summed E-state index contributed by atoms with van der Waals surface area (Å²) in [6.07, 6.45) is 3.09. The van der Waals surface area contributed by atoms with Crippen LogP contribution in [-0.4, -0.2) is 29.7 Å². The number of fused-ring (bicyclic) bond motifs is 1. The molecule has 0 radical (unpaired) electrons. The lowest BCUT2D eigenvalue weighted by Gasteiger charge is -2.16. The number of benzene rings is 1. The average molecular weight is 402 g/mol. The normalized spacial score (nSPS) is 11.8. The number of hydrogen-bond acceptors (Lipinski definition) is 9. The van der Waals surface area contributed by atoms with Crippen LogP contribution >= 0.6 is 0 Å². The molecule has 10 heteroatoms. The monoisotopic (exact) mass is 402 g/mol. The van der Waals surface area contributed by atoms with Crippen LogP contribution in [0, 0.1) is 18.3 Å². The third-order valence-corrected chi connectivity index (χ3v) is 4.46. The van der Waals surface area contributed by atoms with Crippen LogP contribution in [0.15, 0.2) is 42.9 Å². The second-order valence-corrected chi connectivity index (χ2v) is 6.63. The Bertz CT molecular complexity index is 1280. The molecule has 0 aliphatic heterocycles. The van der Waals surface area contributed by atoms with Crippen LogP contribution < -0.4 is 15.8 Å². The molecule has 10 nitrogen and oxygen atoms in total. The van der Waals surface area contributed by atoms with E-state index in [0.29, 0.717) is 28.8 Å². The first-order valence-electron chi connectivity index (χ1n) is 9.06. The van der Waals surface area contributed by atoms with Gasteiger partial charge in [0.2, 0.25) is 5.88 Å². The van der Waals surface area contributed by atoms with Gasteiger partial charge in [-0.05, 0) is 37.6 Å². The van der Waals surface area contributed by atoms with E-state index in [-0.39, 0.29) is 17.1 Å². The minimum Gasteiger partial charge on any atom is -0.508 e. The summed E-state index contributed by atoms with van der Waals surface area (Å²) >= 11 is 0. The van der Waals surface area contributed by atoms with Gasteiger partial charge in [-0.15, -0.1) is 0 Å². The lowest BCUT2D eigenvalue weighted by atomic mass is 10.2. The maximum absolute atomic E-state index is 9.72. The fraction of sp³-hybridized carbons (Fsp3) is 0.150. The van der Waals surface area contributed by atoms with Crippen molar-refractivity contribution in [2.45, 2.75) is 19.9 Å². The highest BCUT2D eigenvalue weighted by molar-refractivity contribution is 5.64. The van der Waals surface area contributed by atoms with E-state index in [1.165, 1.54) is 12.4 Å². The van der Waals surface area contributed by atoms with Crippen molar-refractivity contribution >= 4 is 17.2 Å². The van der Waals surface area contributed by atoms with E-state index in [0.717, 1.165) is 5.56 Å². The number of phenolic OH excluding ortho intramolecular Hbond substituents is 1. The van der Waals surface area contributed by atoms with Gasteiger partial charge in [-0.25, -0.2) is 14.5 Å². The van der Waals surface area contributed by atoms with Crippen molar-refractivity contribution in [3.05, 3.63) is 59.8 Å². The number of aryl methyl sites for hydroxylation is 1. The Balaban J connectivity index is 1.73. The average Bonchev–Trinajstić information content (AvgIpc) is 3.09. The summed E-state index contributed by atoms with van der Waals surface area (Å²) < 4.78 is 7.63. The first-order chi connectivity index (χ1) is 14.5. The number of aromatic hydroxyl groups is 1. The number of nitrogens with zero attached hydrogens (tertiary/aromatic N) is 6. The first kappa shape index (κ1) is 18.9. The lowest BCUT2D eigenvalue weighted by Crippen LogP contribution is -2.16. The van der Waals surface area contributed by atoms with Gasteiger partial charge >= 0.3 is 0 Å². The van der Waals surface area contributed by atoms with Gasteiger partial charge in [0.05, 0.1) is 6.04 Å². The van der Waals surface area contributed by atoms with Gasteiger partial charge in [0.25, 0.3) is 0 Å². The quantitative estimate of drug-likeness (QED) is 0.458. The van der Waals surface area contributed by atoms with E-state index in [2.05, 4.69) is 25.4 Å². The van der Waals surface area contributed by atoms with E-state index < -0.39 is 6.04 Å². The van der Waals surface area contributed by atoms with E-state index >= 15 is 0 Å². The molecule has 4 N–H and O–H groups in total. The first-order valence-corrected chi connectivity index (χ1v) is 9.06. The Kier molecular flexibility index (Phi) is 4.77. The summed E-state index contributed by atoms with van der Waals surface area (Å²) in [4.78, 5) is 12.5. The number of anilines is 2. The molecule has 0 fully saturated rings. The molecule has 0 amide bonds. The molecule has 0 saturated heterocycles. The predicted octanol–water partition coefficient (Wildman–Crippen LogP) is 2.95. The van der Waals surface area contributed by atoms with Crippen LogP contribution in [0.2, 0.25) is 0 Å². The van der Waals surface area contributed by atoms with E-state index in [9.17, 15) is 10.4 Å². The van der Waals surface area contributed by atoms with Crippen molar-refractivity contribution < 1.29 is 9.84 Å².